The number of aryl methyl sites for hydroxylation is 2. The molecule has 0 amide bonds. The number of rotatable bonds is 3. The average molecular weight is 319 g/mol. The maximum absolute atomic E-state index is 6.14. The van der Waals surface area contributed by atoms with Gasteiger partial charge in [-0.05, 0) is 48.2 Å². The van der Waals surface area contributed by atoms with E-state index in [0.29, 0.717) is 15.3 Å². The first kappa shape index (κ1) is 14.0. The minimum atomic E-state index is 0.353. The lowest BCUT2D eigenvalue weighted by Gasteiger charge is -2.06. The molecule has 3 rings (SSSR count). The SMILES string of the molecule is Cc1nc(Cl)c(Sc2nnnn2-c2ccccc2)nc1C. The molecule has 3 aromatic rings. The van der Waals surface area contributed by atoms with E-state index in [1.807, 2.05) is 44.2 Å². The van der Waals surface area contributed by atoms with Crippen LogP contribution in [0.25, 0.3) is 5.69 Å². The number of benzene rings is 1. The molecular weight excluding hydrogens is 308 g/mol. The summed E-state index contributed by atoms with van der Waals surface area (Å²) < 4.78 is 1.64. The molecule has 0 saturated carbocycles. The topological polar surface area (TPSA) is 69.4 Å². The van der Waals surface area contributed by atoms with Crippen molar-refractivity contribution in [1.29, 1.82) is 0 Å². The highest BCUT2D eigenvalue weighted by atomic mass is 35.5. The van der Waals surface area contributed by atoms with Gasteiger partial charge in [-0.15, -0.1) is 5.10 Å². The number of hydrogen-bond donors (Lipinski definition) is 0. The molecule has 0 atom stereocenters. The Balaban J connectivity index is 1.97. The second kappa shape index (κ2) is 5.79. The molecule has 0 spiro atoms. The van der Waals surface area contributed by atoms with Gasteiger partial charge in [0.05, 0.1) is 17.1 Å². The second-order valence-electron chi connectivity index (χ2n) is 4.30. The number of tetrazole rings is 1. The van der Waals surface area contributed by atoms with Crippen LogP contribution in [-0.2, 0) is 0 Å². The maximum atomic E-state index is 6.14. The minimum absolute atomic E-state index is 0.353. The Morgan fingerprint density at radius 1 is 1.05 bits per heavy atom. The van der Waals surface area contributed by atoms with Gasteiger partial charge in [0.25, 0.3) is 0 Å². The molecule has 0 aliphatic rings. The molecule has 0 aliphatic carbocycles. The lowest BCUT2D eigenvalue weighted by Crippen LogP contribution is -2.00. The molecule has 2 aromatic heterocycles. The van der Waals surface area contributed by atoms with Crippen LogP contribution in [-0.4, -0.2) is 30.2 Å². The molecule has 6 nitrogen and oxygen atoms in total. The average Bonchev–Trinajstić information content (AvgIpc) is 2.94. The van der Waals surface area contributed by atoms with E-state index in [1.165, 1.54) is 11.8 Å². The summed E-state index contributed by atoms with van der Waals surface area (Å²) in [6.07, 6.45) is 0. The predicted molar refractivity (Wildman–Crippen MR) is 79.8 cm³/mol. The summed E-state index contributed by atoms with van der Waals surface area (Å²) in [5.41, 5.74) is 2.52. The normalized spacial score (nSPS) is 10.8. The van der Waals surface area contributed by atoms with Crippen LogP contribution in [0.15, 0.2) is 40.5 Å². The fourth-order valence-electron chi connectivity index (χ4n) is 1.68. The van der Waals surface area contributed by atoms with Crippen molar-refractivity contribution in [2.75, 3.05) is 0 Å². The van der Waals surface area contributed by atoms with Crippen LogP contribution >= 0.6 is 23.4 Å². The molecule has 0 aliphatic heterocycles. The van der Waals surface area contributed by atoms with E-state index in [0.717, 1.165) is 17.1 Å². The first-order valence-electron chi connectivity index (χ1n) is 6.17. The summed E-state index contributed by atoms with van der Waals surface area (Å²) in [6, 6.07) is 9.64. The van der Waals surface area contributed by atoms with Gasteiger partial charge in [-0.1, -0.05) is 29.8 Å². The standard InChI is InChI=1S/C13H11ClN6S/c1-8-9(2)16-12(11(14)15-8)21-13-17-18-19-20(13)10-6-4-3-5-7-10/h3-7H,1-2H3. The molecule has 21 heavy (non-hydrogen) atoms. The highest BCUT2D eigenvalue weighted by Gasteiger charge is 2.15. The molecule has 8 heteroatoms. The summed E-state index contributed by atoms with van der Waals surface area (Å²) in [7, 11) is 0. The summed E-state index contributed by atoms with van der Waals surface area (Å²) in [5, 5.41) is 13.3. The molecule has 0 fully saturated rings. The van der Waals surface area contributed by atoms with E-state index in [9.17, 15) is 0 Å². The van der Waals surface area contributed by atoms with Gasteiger partial charge in [-0.25, -0.2) is 9.97 Å². The first-order valence-corrected chi connectivity index (χ1v) is 7.37. The minimum Gasteiger partial charge on any atom is -0.241 e. The van der Waals surface area contributed by atoms with Crippen LogP contribution in [0, 0.1) is 13.8 Å². The molecule has 106 valence electrons. The van der Waals surface area contributed by atoms with E-state index in [2.05, 4.69) is 25.5 Å². The van der Waals surface area contributed by atoms with Crippen LogP contribution in [0.1, 0.15) is 11.4 Å². The van der Waals surface area contributed by atoms with Crippen molar-refractivity contribution in [1.82, 2.24) is 30.2 Å². The van der Waals surface area contributed by atoms with Crippen LogP contribution in [0.2, 0.25) is 5.15 Å². The number of para-hydroxylation sites is 1. The zero-order chi connectivity index (χ0) is 14.8. The number of aromatic nitrogens is 6. The Morgan fingerprint density at radius 2 is 1.76 bits per heavy atom. The molecule has 0 bridgehead atoms. The van der Waals surface area contributed by atoms with E-state index >= 15 is 0 Å². The van der Waals surface area contributed by atoms with Crippen LogP contribution in [0.5, 0.6) is 0 Å². The second-order valence-corrected chi connectivity index (χ2v) is 5.62. The van der Waals surface area contributed by atoms with Crippen molar-refractivity contribution in [3.8, 4) is 5.69 Å². The van der Waals surface area contributed by atoms with Gasteiger partial charge >= 0.3 is 0 Å². The molecule has 0 N–H and O–H groups in total. The fourth-order valence-corrected chi connectivity index (χ4v) is 2.76. The molecule has 1 aromatic carbocycles. The maximum Gasteiger partial charge on any atom is 0.220 e. The van der Waals surface area contributed by atoms with Crippen molar-refractivity contribution in [2.24, 2.45) is 0 Å². The van der Waals surface area contributed by atoms with Crippen LogP contribution in [0.4, 0.5) is 0 Å². The predicted octanol–water partition coefficient (Wildman–Crippen LogP) is 2.87. The van der Waals surface area contributed by atoms with Gasteiger partial charge in [-0.3, -0.25) is 0 Å². The molecule has 0 saturated heterocycles. The number of hydrogen-bond acceptors (Lipinski definition) is 6. The van der Waals surface area contributed by atoms with E-state index < -0.39 is 0 Å². The Morgan fingerprint density at radius 3 is 2.52 bits per heavy atom. The van der Waals surface area contributed by atoms with Crippen LogP contribution in [0.3, 0.4) is 0 Å². The summed E-state index contributed by atoms with van der Waals surface area (Å²) in [4.78, 5) is 8.70. The van der Waals surface area contributed by atoms with E-state index in [1.54, 1.807) is 4.68 Å². The van der Waals surface area contributed by atoms with Crippen molar-refractivity contribution in [3.63, 3.8) is 0 Å². The highest BCUT2D eigenvalue weighted by molar-refractivity contribution is 7.99. The van der Waals surface area contributed by atoms with Gasteiger partial charge in [0.1, 0.15) is 5.03 Å². The monoisotopic (exact) mass is 318 g/mol. The molecular formula is C13H11ClN6S. The Kier molecular flexibility index (Phi) is 3.85. The van der Waals surface area contributed by atoms with E-state index in [4.69, 9.17) is 11.6 Å². The summed E-state index contributed by atoms with van der Waals surface area (Å²) >= 11 is 7.43. The Bertz CT molecular complexity index is 774. The third kappa shape index (κ3) is 2.88. The highest BCUT2D eigenvalue weighted by Crippen LogP contribution is 2.30. The van der Waals surface area contributed by atoms with Crippen molar-refractivity contribution in [2.45, 2.75) is 24.0 Å². The Labute approximate surface area is 130 Å². The number of halogens is 1. The zero-order valence-electron chi connectivity index (χ0n) is 11.4. The lowest BCUT2D eigenvalue weighted by molar-refractivity contribution is 0.755. The van der Waals surface area contributed by atoms with Gasteiger partial charge in [-0.2, -0.15) is 4.68 Å². The van der Waals surface area contributed by atoms with Gasteiger partial charge in [0.2, 0.25) is 5.16 Å². The van der Waals surface area contributed by atoms with E-state index in [-0.39, 0.29) is 0 Å². The molecule has 2 heterocycles. The fraction of sp³-hybridized carbons (Fsp3) is 0.154. The third-order valence-electron chi connectivity index (χ3n) is 2.86. The first-order chi connectivity index (χ1) is 10.1. The summed E-state index contributed by atoms with van der Waals surface area (Å²) in [6.45, 7) is 3.76. The largest absolute Gasteiger partial charge is 0.241 e. The molecule has 0 radical (unpaired) electrons. The Hall–Kier alpha value is -1.99. The number of nitrogens with zero attached hydrogens (tertiary/aromatic N) is 6. The third-order valence-corrected chi connectivity index (χ3v) is 4.16. The lowest BCUT2D eigenvalue weighted by atomic mass is 10.3. The van der Waals surface area contributed by atoms with Crippen molar-refractivity contribution >= 4 is 23.4 Å². The summed E-state index contributed by atoms with van der Waals surface area (Å²) in [5.74, 6) is 0. The van der Waals surface area contributed by atoms with Crippen molar-refractivity contribution < 1.29 is 0 Å². The van der Waals surface area contributed by atoms with Gasteiger partial charge < -0.3 is 0 Å². The van der Waals surface area contributed by atoms with Crippen LogP contribution < -0.4 is 0 Å². The smallest absolute Gasteiger partial charge is 0.220 e. The quantitative estimate of drug-likeness (QED) is 0.739. The zero-order valence-corrected chi connectivity index (χ0v) is 12.9. The van der Waals surface area contributed by atoms with Crippen molar-refractivity contribution in [3.05, 3.63) is 46.9 Å². The van der Waals surface area contributed by atoms with Gasteiger partial charge in [0.15, 0.2) is 5.15 Å². The molecule has 0 unspecified atom stereocenters. The van der Waals surface area contributed by atoms with Gasteiger partial charge in [0, 0.05) is 0 Å².